The molecule has 0 N–H and O–H groups in total. The Labute approximate surface area is 169 Å². The first-order valence-corrected chi connectivity index (χ1v) is 10.4. The molecule has 0 radical (unpaired) electrons. The van der Waals surface area contributed by atoms with Crippen molar-refractivity contribution in [3.05, 3.63) is 65.5 Å². The molecule has 0 saturated carbocycles. The summed E-state index contributed by atoms with van der Waals surface area (Å²) in [6, 6.07) is 16.6. The number of anilines is 1. The molecule has 2 atom stereocenters. The number of carbonyl (C=O) groups excluding carboxylic acids is 1. The number of para-hydroxylation sites is 1. The number of hydrogen-bond acceptors (Lipinski definition) is 4. The van der Waals surface area contributed by atoms with Crippen LogP contribution in [0.1, 0.15) is 30.8 Å². The molecule has 3 aromatic rings. The molecule has 4 rings (SSSR count). The van der Waals surface area contributed by atoms with Gasteiger partial charge in [-0.1, -0.05) is 42.1 Å². The van der Waals surface area contributed by atoms with Crippen molar-refractivity contribution in [1.29, 1.82) is 0 Å². The van der Waals surface area contributed by atoms with Gasteiger partial charge in [0.2, 0.25) is 5.91 Å². The number of hydrogen-bond donors (Lipinski definition) is 0. The van der Waals surface area contributed by atoms with E-state index in [0.29, 0.717) is 0 Å². The van der Waals surface area contributed by atoms with Crippen molar-refractivity contribution >= 4 is 23.4 Å². The Morgan fingerprint density at radius 3 is 2.71 bits per heavy atom. The van der Waals surface area contributed by atoms with Gasteiger partial charge in [0.15, 0.2) is 5.16 Å². The topological polar surface area (TPSA) is 51.0 Å². The number of nitrogens with zero attached hydrogens (tertiary/aromatic N) is 4. The van der Waals surface area contributed by atoms with Crippen molar-refractivity contribution in [1.82, 2.24) is 14.8 Å². The van der Waals surface area contributed by atoms with Gasteiger partial charge in [-0.05, 0) is 63.4 Å². The van der Waals surface area contributed by atoms with E-state index in [1.165, 1.54) is 22.9 Å². The normalized spacial score (nSPS) is 16.9. The number of thioether (sulfide) groups is 1. The van der Waals surface area contributed by atoms with Gasteiger partial charge >= 0.3 is 0 Å². The zero-order valence-electron chi connectivity index (χ0n) is 16.6. The van der Waals surface area contributed by atoms with Gasteiger partial charge in [0.25, 0.3) is 0 Å². The predicted octanol–water partition coefficient (Wildman–Crippen LogP) is 4.34. The van der Waals surface area contributed by atoms with Crippen LogP contribution in [0.3, 0.4) is 0 Å². The van der Waals surface area contributed by atoms with Crippen molar-refractivity contribution in [2.45, 2.75) is 50.6 Å². The van der Waals surface area contributed by atoms with E-state index in [1.807, 2.05) is 53.6 Å². The Bertz CT molecular complexity index is 1030. The number of rotatable bonds is 4. The summed E-state index contributed by atoms with van der Waals surface area (Å²) >= 11 is 1.46. The third kappa shape index (κ3) is 3.33. The van der Waals surface area contributed by atoms with Crippen molar-refractivity contribution in [3.63, 3.8) is 0 Å². The summed E-state index contributed by atoms with van der Waals surface area (Å²) in [6.07, 6.45) is 0.901. The molecule has 1 amide bonds. The number of amides is 1. The maximum Gasteiger partial charge on any atom is 0.240 e. The van der Waals surface area contributed by atoms with Crippen molar-refractivity contribution in [2.24, 2.45) is 0 Å². The molecule has 0 bridgehead atoms. The first-order chi connectivity index (χ1) is 13.5. The molecular weight excluding hydrogens is 368 g/mol. The van der Waals surface area contributed by atoms with E-state index < -0.39 is 0 Å². The van der Waals surface area contributed by atoms with Gasteiger partial charge in [0.05, 0.1) is 5.25 Å². The average molecular weight is 393 g/mol. The molecule has 1 aromatic heterocycles. The molecule has 1 aliphatic rings. The van der Waals surface area contributed by atoms with E-state index in [2.05, 4.69) is 42.2 Å². The summed E-state index contributed by atoms with van der Waals surface area (Å²) in [6.45, 7) is 8.05. The SMILES string of the molecule is Cc1cccc(-n2c(C)nnc2SC(C)C(=O)N2c3ccccc3CC2C)c1. The molecule has 6 heteroatoms. The molecule has 2 unspecified atom stereocenters. The number of benzene rings is 2. The minimum Gasteiger partial charge on any atom is -0.308 e. The summed E-state index contributed by atoms with van der Waals surface area (Å²) in [5.74, 6) is 0.923. The molecule has 144 valence electrons. The molecule has 28 heavy (non-hydrogen) atoms. The third-order valence-electron chi connectivity index (χ3n) is 5.13. The fourth-order valence-electron chi connectivity index (χ4n) is 3.79. The molecule has 0 spiro atoms. The van der Waals surface area contributed by atoms with Gasteiger partial charge in [-0.3, -0.25) is 9.36 Å². The van der Waals surface area contributed by atoms with Gasteiger partial charge in [-0.2, -0.15) is 0 Å². The van der Waals surface area contributed by atoms with Crippen LogP contribution in [-0.2, 0) is 11.2 Å². The van der Waals surface area contributed by atoms with Crippen LogP contribution in [0, 0.1) is 13.8 Å². The van der Waals surface area contributed by atoms with Crippen molar-refractivity contribution < 1.29 is 4.79 Å². The number of fused-ring (bicyclic) bond motifs is 1. The maximum atomic E-state index is 13.3. The van der Waals surface area contributed by atoms with Crippen LogP contribution in [0.25, 0.3) is 5.69 Å². The van der Waals surface area contributed by atoms with E-state index in [0.717, 1.165) is 28.8 Å². The van der Waals surface area contributed by atoms with E-state index in [1.54, 1.807) is 0 Å². The lowest BCUT2D eigenvalue weighted by Gasteiger charge is -2.25. The molecule has 0 aliphatic carbocycles. The summed E-state index contributed by atoms with van der Waals surface area (Å²) in [5, 5.41) is 9.07. The quantitative estimate of drug-likeness (QED) is 0.620. The lowest BCUT2D eigenvalue weighted by atomic mass is 10.1. The van der Waals surface area contributed by atoms with Gasteiger partial charge in [0.1, 0.15) is 5.82 Å². The van der Waals surface area contributed by atoms with Crippen LogP contribution in [0.5, 0.6) is 0 Å². The molecule has 1 aliphatic heterocycles. The maximum absolute atomic E-state index is 13.3. The predicted molar refractivity (Wildman–Crippen MR) is 113 cm³/mol. The van der Waals surface area contributed by atoms with E-state index in [-0.39, 0.29) is 17.2 Å². The Morgan fingerprint density at radius 2 is 1.93 bits per heavy atom. The van der Waals surface area contributed by atoms with Crippen LogP contribution in [0.2, 0.25) is 0 Å². The van der Waals surface area contributed by atoms with E-state index in [9.17, 15) is 4.79 Å². The standard InChI is InChI=1S/C22H24N4OS/c1-14-8-7-10-19(12-14)26-17(4)23-24-22(26)28-16(3)21(27)25-15(2)13-18-9-5-6-11-20(18)25/h5-12,15-16H,13H2,1-4H3. The Morgan fingerprint density at radius 1 is 1.14 bits per heavy atom. The minimum atomic E-state index is -0.263. The lowest BCUT2D eigenvalue weighted by Crippen LogP contribution is -2.40. The first-order valence-electron chi connectivity index (χ1n) is 9.52. The molecule has 0 saturated heterocycles. The second-order valence-electron chi connectivity index (χ2n) is 7.35. The average Bonchev–Trinajstić information content (AvgIpc) is 3.19. The van der Waals surface area contributed by atoms with Crippen LogP contribution >= 0.6 is 11.8 Å². The second-order valence-corrected chi connectivity index (χ2v) is 8.66. The second kappa shape index (κ2) is 7.43. The fourth-order valence-corrected chi connectivity index (χ4v) is 4.75. The number of aromatic nitrogens is 3. The zero-order valence-corrected chi connectivity index (χ0v) is 17.4. The minimum absolute atomic E-state index is 0.110. The van der Waals surface area contributed by atoms with Gasteiger partial charge in [-0.25, -0.2) is 0 Å². The van der Waals surface area contributed by atoms with Gasteiger partial charge in [0, 0.05) is 17.4 Å². The molecular formula is C22H24N4OS. The molecule has 2 aromatic carbocycles. The molecule has 5 nitrogen and oxygen atoms in total. The van der Waals surface area contributed by atoms with Gasteiger partial charge in [-0.15, -0.1) is 10.2 Å². The Hall–Kier alpha value is -2.60. The number of aryl methyl sites for hydroxylation is 2. The van der Waals surface area contributed by atoms with Crippen LogP contribution < -0.4 is 4.90 Å². The third-order valence-corrected chi connectivity index (χ3v) is 6.16. The smallest absolute Gasteiger partial charge is 0.240 e. The van der Waals surface area contributed by atoms with Crippen molar-refractivity contribution in [3.8, 4) is 5.69 Å². The summed E-state index contributed by atoms with van der Waals surface area (Å²) in [5.41, 5.74) is 4.46. The number of carbonyl (C=O) groups is 1. The lowest BCUT2D eigenvalue weighted by molar-refractivity contribution is -0.118. The molecule has 0 fully saturated rings. The van der Waals surface area contributed by atoms with E-state index in [4.69, 9.17) is 0 Å². The van der Waals surface area contributed by atoms with E-state index >= 15 is 0 Å². The fraction of sp³-hybridized carbons (Fsp3) is 0.318. The van der Waals surface area contributed by atoms with Gasteiger partial charge < -0.3 is 4.90 Å². The van der Waals surface area contributed by atoms with Crippen LogP contribution in [-0.4, -0.2) is 32.0 Å². The summed E-state index contributed by atoms with van der Waals surface area (Å²) < 4.78 is 2.02. The Kier molecular flexibility index (Phi) is 4.98. The highest BCUT2D eigenvalue weighted by atomic mass is 32.2. The Balaban J connectivity index is 1.60. The van der Waals surface area contributed by atoms with Crippen LogP contribution in [0.15, 0.2) is 53.7 Å². The van der Waals surface area contributed by atoms with Crippen molar-refractivity contribution in [2.75, 3.05) is 4.90 Å². The highest BCUT2D eigenvalue weighted by Crippen LogP contribution is 2.35. The van der Waals surface area contributed by atoms with Crippen LogP contribution in [0.4, 0.5) is 5.69 Å². The largest absolute Gasteiger partial charge is 0.308 e. The first kappa shape index (κ1) is 18.7. The molecule has 2 heterocycles. The highest BCUT2D eigenvalue weighted by molar-refractivity contribution is 8.00. The summed E-state index contributed by atoms with van der Waals surface area (Å²) in [7, 11) is 0. The monoisotopic (exact) mass is 392 g/mol. The summed E-state index contributed by atoms with van der Waals surface area (Å²) in [4.78, 5) is 15.2. The highest BCUT2D eigenvalue weighted by Gasteiger charge is 2.34. The zero-order chi connectivity index (χ0) is 19.8.